The molecule has 0 spiro atoms. The van der Waals surface area contributed by atoms with Crippen LogP contribution in [0.1, 0.15) is 13.3 Å². The Bertz CT molecular complexity index is 238. The molecule has 1 atom stereocenters. The van der Waals surface area contributed by atoms with Crippen LogP contribution < -0.4 is 0 Å². The Labute approximate surface area is 80.1 Å². The quantitative estimate of drug-likeness (QED) is 0.576. The van der Waals surface area contributed by atoms with Crippen LogP contribution in [0.3, 0.4) is 0 Å². The number of hydrogen-bond donors (Lipinski definition) is 2. The maximum Gasteiger partial charge on any atom is 0.469 e. The van der Waals surface area contributed by atoms with Crippen molar-refractivity contribution in [3.63, 3.8) is 0 Å². The fourth-order valence-corrected chi connectivity index (χ4v) is 1.98. The lowest BCUT2D eigenvalue weighted by Gasteiger charge is -2.12. The van der Waals surface area contributed by atoms with Gasteiger partial charge < -0.3 is 9.79 Å². The number of alkyl halides is 2. The highest BCUT2D eigenvalue weighted by Gasteiger charge is 2.63. The van der Waals surface area contributed by atoms with Gasteiger partial charge in [0.15, 0.2) is 0 Å². The molecule has 4 nitrogen and oxygen atoms in total. The Morgan fingerprint density at radius 3 is 2.25 bits per heavy atom. The Kier molecular flexibility index (Phi) is 2.55. The molecule has 0 aromatic heterocycles. The van der Waals surface area contributed by atoms with Crippen LogP contribution in [0, 0.1) is 5.41 Å². The Balaban J connectivity index is 2.41. The average molecular weight is 235 g/mol. The van der Waals surface area contributed by atoms with E-state index in [2.05, 4.69) is 4.52 Å². The van der Waals surface area contributed by atoms with E-state index in [1.807, 2.05) is 0 Å². The summed E-state index contributed by atoms with van der Waals surface area (Å²) in [5, 5.41) is 0. The first-order valence-electron chi connectivity index (χ1n) is 3.24. The standard InChI is InChI=1S/C5H9Cl2O4P/c1-4(2-5(4,6)7)3-11-12(8,9)10/h2-3H2,1H3,(H2,8,9,10). The van der Waals surface area contributed by atoms with Crippen molar-refractivity contribution >= 4 is 31.0 Å². The van der Waals surface area contributed by atoms with Gasteiger partial charge >= 0.3 is 7.82 Å². The lowest BCUT2D eigenvalue weighted by molar-refractivity contribution is 0.164. The lowest BCUT2D eigenvalue weighted by atomic mass is 10.2. The molecule has 0 radical (unpaired) electrons. The van der Waals surface area contributed by atoms with Crippen LogP contribution in [-0.2, 0) is 9.09 Å². The molecular formula is C5H9Cl2O4P. The zero-order valence-corrected chi connectivity index (χ0v) is 8.73. The van der Waals surface area contributed by atoms with E-state index in [1.54, 1.807) is 6.92 Å². The molecule has 0 amide bonds. The van der Waals surface area contributed by atoms with Crippen molar-refractivity contribution < 1.29 is 18.9 Å². The molecule has 0 heterocycles. The summed E-state index contributed by atoms with van der Waals surface area (Å²) in [5.74, 6) is 0. The van der Waals surface area contributed by atoms with Gasteiger partial charge in [0, 0.05) is 5.41 Å². The maximum atomic E-state index is 10.3. The summed E-state index contributed by atoms with van der Waals surface area (Å²) in [6.45, 7) is 1.59. The van der Waals surface area contributed by atoms with E-state index in [9.17, 15) is 4.57 Å². The highest BCUT2D eigenvalue weighted by Crippen LogP contribution is 2.64. The minimum atomic E-state index is -4.40. The van der Waals surface area contributed by atoms with Crippen molar-refractivity contribution in [1.82, 2.24) is 0 Å². The number of hydrogen-bond acceptors (Lipinski definition) is 2. The van der Waals surface area contributed by atoms with Crippen molar-refractivity contribution in [2.45, 2.75) is 17.7 Å². The van der Waals surface area contributed by atoms with Gasteiger partial charge in [-0.1, -0.05) is 6.92 Å². The first-order chi connectivity index (χ1) is 5.16. The Morgan fingerprint density at radius 1 is 1.58 bits per heavy atom. The summed E-state index contributed by atoms with van der Waals surface area (Å²) in [6, 6.07) is 0. The molecule has 0 saturated heterocycles. The van der Waals surface area contributed by atoms with E-state index in [-0.39, 0.29) is 6.61 Å². The molecule has 1 unspecified atom stereocenters. The van der Waals surface area contributed by atoms with Crippen LogP contribution in [0.25, 0.3) is 0 Å². The summed E-state index contributed by atoms with van der Waals surface area (Å²) in [5.41, 5.74) is -0.531. The molecule has 1 rings (SSSR count). The molecule has 0 aliphatic heterocycles. The second-order valence-electron chi connectivity index (χ2n) is 3.21. The van der Waals surface area contributed by atoms with Gasteiger partial charge in [-0.25, -0.2) is 4.57 Å². The van der Waals surface area contributed by atoms with Gasteiger partial charge in [-0.3, -0.25) is 4.52 Å². The van der Waals surface area contributed by atoms with E-state index >= 15 is 0 Å². The van der Waals surface area contributed by atoms with Gasteiger partial charge in [-0.2, -0.15) is 0 Å². The fourth-order valence-electron chi connectivity index (χ4n) is 0.829. The average Bonchev–Trinajstić information content (AvgIpc) is 2.28. The second-order valence-corrected chi connectivity index (χ2v) is 5.93. The first kappa shape index (κ1) is 10.8. The van der Waals surface area contributed by atoms with E-state index in [4.69, 9.17) is 33.0 Å². The number of rotatable bonds is 3. The molecule has 1 saturated carbocycles. The van der Waals surface area contributed by atoms with Gasteiger partial charge in [-0.15, -0.1) is 23.2 Å². The SMILES string of the molecule is CC1(COP(=O)(O)O)CC1(Cl)Cl. The van der Waals surface area contributed by atoms with Crippen molar-refractivity contribution in [2.24, 2.45) is 5.41 Å². The zero-order chi connectivity index (χ0) is 9.62. The smallest absolute Gasteiger partial charge is 0.303 e. The Hall–Kier alpha value is 0.690. The van der Waals surface area contributed by atoms with Gasteiger partial charge in [-0.05, 0) is 6.42 Å². The van der Waals surface area contributed by atoms with Crippen molar-refractivity contribution in [2.75, 3.05) is 6.61 Å². The van der Waals surface area contributed by atoms with E-state index in [1.165, 1.54) is 0 Å². The molecule has 7 heteroatoms. The minimum absolute atomic E-state index is 0.121. The van der Waals surface area contributed by atoms with Crippen molar-refractivity contribution in [3.05, 3.63) is 0 Å². The van der Waals surface area contributed by atoms with Gasteiger partial charge in [0.1, 0.15) is 4.33 Å². The number of phosphoric acid groups is 1. The summed E-state index contributed by atoms with van der Waals surface area (Å²) in [7, 11) is -4.40. The third kappa shape index (κ3) is 2.34. The van der Waals surface area contributed by atoms with Crippen LogP contribution in [0.2, 0.25) is 0 Å². The molecule has 0 aromatic rings. The highest BCUT2D eigenvalue weighted by atomic mass is 35.5. The van der Waals surface area contributed by atoms with E-state index in [0.29, 0.717) is 6.42 Å². The highest BCUT2D eigenvalue weighted by molar-refractivity contribution is 7.46. The molecule has 72 valence electrons. The monoisotopic (exact) mass is 234 g/mol. The third-order valence-electron chi connectivity index (χ3n) is 1.92. The predicted molar refractivity (Wildman–Crippen MR) is 45.2 cm³/mol. The fraction of sp³-hybridized carbons (Fsp3) is 1.00. The van der Waals surface area contributed by atoms with Gasteiger partial charge in [0.2, 0.25) is 0 Å². The topological polar surface area (TPSA) is 66.8 Å². The largest absolute Gasteiger partial charge is 0.469 e. The first-order valence-corrected chi connectivity index (χ1v) is 5.53. The molecule has 0 aromatic carbocycles. The van der Waals surface area contributed by atoms with Crippen LogP contribution in [0.5, 0.6) is 0 Å². The predicted octanol–water partition coefficient (Wildman–Crippen LogP) is 1.68. The molecule has 1 aliphatic rings. The summed E-state index contributed by atoms with van der Waals surface area (Å²) in [4.78, 5) is 16.8. The Morgan fingerprint density at radius 2 is 2.00 bits per heavy atom. The van der Waals surface area contributed by atoms with E-state index < -0.39 is 17.6 Å². The van der Waals surface area contributed by atoms with Crippen molar-refractivity contribution in [3.8, 4) is 0 Å². The molecule has 1 fully saturated rings. The minimum Gasteiger partial charge on any atom is -0.303 e. The molecule has 2 N–H and O–H groups in total. The molecule has 0 bridgehead atoms. The maximum absolute atomic E-state index is 10.3. The normalized spacial score (nSPS) is 33.4. The van der Waals surface area contributed by atoms with Gasteiger partial charge in [0.05, 0.1) is 6.61 Å². The number of halogens is 2. The molecular weight excluding hydrogens is 226 g/mol. The molecule has 1 aliphatic carbocycles. The van der Waals surface area contributed by atoms with Crippen molar-refractivity contribution in [1.29, 1.82) is 0 Å². The van der Waals surface area contributed by atoms with Crippen LogP contribution in [0.4, 0.5) is 0 Å². The number of phosphoric ester groups is 1. The third-order valence-corrected chi connectivity index (χ3v) is 3.57. The summed E-state index contributed by atoms with van der Waals surface area (Å²) < 4.78 is 13.7. The zero-order valence-electron chi connectivity index (χ0n) is 6.33. The van der Waals surface area contributed by atoms with Gasteiger partial charge in [0.25, 0.3) is 0 Å². The van der Waals surface area contributed by atoms with E-state index in [0.717, 1.165) is 0 Å². The second kappa shape index (κ2) is 2.84. The van der Waals surface area contributed by atoms with Crippen LogP contribution >= 0.6 is 31.0 Å². The lowest BCUT2D eigenvalue weighted by Crippen LogP contribution is -2.12. The summed E-state index contributed by atoms with van der Waals surface area (Å²) >= 11 is 11.4. The molecule has 12 heavy (non-hydrogen) atoms. The summed E-state index contributed by atoms with van der Waals surface area (Å²) in [6.07, 6.45) is 0.489. The van der Waals surface area contributed by atoms with Crippen LogP contribution in [-0.4, -0.2) is 20.7 Å². The van der Waals surface area contributed by atoms with Crippen LogP contribution in [0.15, 0.2) is 0 Å².